The summed E-state index contributed by atoms with van der Waals surface area (Å²) in [6.07, 6.45) is 5.53. The van der Waals surface area contributed by atoms with E-state index in [1.165, 1.54) is 38.2 Å². The molecule has 1 aromatic rings. The molecule has 2 fully saturated rings. The third-order valence-corrected chi connectivity index (χ3v) is 4.75. The van der Waals surface area contributed by atoms with Crippen molar-refractivity contribution in [2.75, 3.05) is 11.4 Å². The molecule has 0 amide bonds. The molecule has 0 spiro atoms. The fourth-order valence-electron chi connectivity index (χ4n) is 3.94. The molecule has 0 radical (unpaired) electrons. The van der Waals surface area contributed by atoms with E-state index in [2.05, 4.69) is 4.90 Å². The molecule has 2 nitrogen and oxygen atoms in total. The standard InChI is InChI=1S/C16H22FNO/c1-11(19)16-13(17)7-3-9-15(16)18-10-4-6-12-5-2-8-14(12)18/h3,7,9,11-12,14,19H,2,4-6,8,10H2,1H3/t11-,12?,14?/m1/s1. The number of rotatable bonds is 2. The molecule has 1 saturated carbocycles. The molecule has 2 aliphatic rings. The second-order valence-electron chi connectivity index (χ2n) is 5.94. The van der Waals surface area contributed by atoms with Crippen molar-refractivity contribution in [1.29, 1.82) is 0 Å². The molecule has 1 saturated heterocycles. The Morgan fingerprint density at radius 2 is 2.05 bits per heavy atom. The number of aliphatic hydroxyl groups is 1. The normalized spacial score (nSPS) is 28.3. The van der Waals surface area contributed by atoms with E-state index in [0.29, 0.717) is 11.6 Å². The zero-order valence-electron chi connectivity index (χ0n) is 11.5. The number of halogens is 1. The molecule has 19 heavy (non-hydrogen) atoms. The summed E-state index contributed by atoms with van der Waals surface area (Å²) in [5.41, 5.74) is 1.38. The lowest BCUT2D eigenvalue weighted by molar-refractivity contribution is 0.194. The Bertz CT molecular complexity index is 460. The highest BCUT2D eigenvalue weighted by Gasteiger charge is 2.36. The number of nitrogens with zero attached hydrogens (tertiary/aromatic N) is 1. The van der Waals surface area contributed by atoms with Crippen molar-refractivity contribution in [2.24, 2.45) is 5.92 Å². The van der Waals surface area contributed by atoms with E-state index in [0.717, 1.165) is 18.2 Å². The Hall–Kier alpha value is -1.09. The Labute approximate surface area is 114 Å². The molecule has 0 aromatic heterocycles. The van der Waals surface area contributed by atoms with Crippen molar-refractivity contribution < 1.29 is 9.50 Å². The summed E-state index contributed by atoms with van der Waals surface area (Å²) in [5, 5.41) is 9.89. The first kappa shape index (κ1) is 12.9. The van der Waals surface area contributed by atoms with Crippen molar-refractivity contribution in [3.05, 3.63) is 29.6 Å². The highest BCUT2D eigenvalue weighted by atomic mass is 19.1. The average molecular weight is 263 g/mol. The maximum atomic E-state index is 14.0. The minimum absolute atomic E-state index is 0.285. The van der Waals surface area contributed by atoms with Gasteiger partial charge in [-0.3, -0.25) is 0 Å². The molecule has 1 aliphatic carbocycles. The van der Waals surface area contributed by atoms with Gasteiger partial charge in [0.05, 0.1) is 6.10 Å². The molecular weight excluding hydrogens is 241 g/mol. The summed E-state index contributed by atoms with van der Waals surface area (Å²) >= 11 is 0. The number of hydrogen-bond acceptors (Lipinski definition) is 2. The fraction of sp³-hybridized carbons (Fsp3) is 0.625. The molecule has 3 atom stereocenters. The monoisotopic (exact) mass is 263 g/mol. The van der Waals surface area contributed by atoms with Gasteiger partial charge in [-0.25, -0.2) is 4.39 Å². The van der Waals surface area contributed by atoms with Gasteiger partial charge in [0.15, 0.2) is 0 Å². The lowest BCUT2D eigenvalue weighted by Crippen LogP contribution is -2.43. The molecular formula is C16H22FNO. The SMILES string of the molecule is C[C@@H](O)c1c(F)cccc1N1CCCC2CCCC21. The smallest absolute Gasteiger partial charge is 0.131 e. The lowest BCUT2D eigenvalue weighted by Gasteiger charge is -2.40. The Balaban J connectivity index is 1.99. The van der Waals surface area contributed by atoms with Crippen LogP contribution in [-0.4, -0.2) is 17.7 Å². The molecule has 1 aliphatic heterocycles. The van der Waals surface area contributed by atoms with Crippen LogP contribution in [0.25, 0.3) is 0 Å². The fourth-order valence-corrected chi connectivity index (χ4v) is 3.94. The van der Waals surface area contributed by atoms with E-state index in [4.69, 9.17) is 0 Å². The van der Waals surface area contributed by atoms with Gasteiger partial charge in [-0.05, 0) is 50.7 Å². The summed E-state index contributed by atoms with van der Waals surface area (Å²) in [6.45, 7) is 2.64. The largest absolute Gasteiger partial charge is 0.389 e. The van der Waals surface area contributed by atoms with Crippen LogP contribution >= 0.6 is 0 Å². The Kier molecular flexibility index (Phi) is 3.48. The van der Waals surface area contributed by atoms with Gasteiger partial charge in [-0.2, -0.15) is 0 Å². The molecule has 1 N–H and O–H groups in total. The average Bonchev–Trinajstić information content (AvgIpc) is 2.85. The van der Waals surface area contributed by atoms with Gasteiger partial charge in [0, 0.05) is 23.8 Å². The van der Waals surface area contributed by atoms with Crippen LogP contribution in [0.1, 0.15) is 50.7 Å². The zero-order valence-corrected chi connectivity index (χ0v) is 11.5. The minimum atomic E-state index is -0.752. The number of aliphatic hydroxyl groups excluding tert-OH is 1. The van der Waals surface area contributed by atoms with Crippen molar-refractivity contribution in [2.45, 2.75) is 51.2 Å². The van der Waals surface area contributed by atoms with Crippen molar-refractivity contribution in [3.8, 4) is 0 Å². The van der Waals surface area contributed by atoms with Gasteiger partial charge in [0.2, 0.25) is 0 Å². The Morgan fingerprint density at radius 1 is 1.26 bits per heavy atom. The van der Waals surface area contributed by atoms with E-state index < -0.39 is 6.10 Å². The molecule has 0 bridgehead atoms. The summed E-state index contributed by atoms with van der Waals surface area (Å²) in [4.78, 5) is 2.35. The van der Waals surface area contributed by atoms with E-state index >= 15 is 0 Å². The van der Waals surface area contributed by atoms with Crippen LogP contribution in [0.4, 0.5) is 10.1 Å². The molecule has 104 valence electrons. The summed E-state index contributed by atoms with van der Waals surface area (Å²) in [7, 11) is 0. The van der Waals surface area contributed by atoms with Gasteiger partial charge in [-0.1, -0.05) is 12.5 Å². The second kappa shape index (κ2) is 5.12. The third kappa shape index (κ3) is 2.25. The van der Waals surface area contributed by atoms with Crippen LogP contribution in [0, 0.1) is 11.7 Å². The van der Waals surface area contributed by atoms with Gasteiger partial charge >= 0.3 is 0 Å². The highest BCUT2D eigenvalue weighted by Crippen LogP contribution is 2.41. The van der Waals surface area contributed by atoms with Gasteiger partial charge < -0.3 is 10.0 Å². The Morgan fingerprint density at radius 3 is 2.84 bits per heavy atom. The number of anilines is 1. The van der Waals surface area contributed by atoms with Crippen molar-refractivity contribution in [1.82, 2.24) is 0 Å². The third-order valence-electron chi connectivity index (χ3n) is 4.75. The first-order valence-electron chi connectivity index (χ1n) is 7.41. The van der Waals surface area contributed by atoms with E-state index in [-0.39, 0.29) is 5.82 Å². The molecule has 1 heterocycles. The topological polar surface area (TPSA) is 23.5 Å². The predicted octanol–water partition coefficient (Wildman–Crippen LogP) is 3.65. The van der Waals surface area contributed by atoms with Gasteiger partial charge in [0.25, 0.3) is 0 Å². The minimum Gasteiger partial charge on any atom is -0.389 e. The van der Waals surface area contributed by atoms with Gasteiger partial charge in [0.1, 0.15) is 5.82 Å². The van der Waals surface area contributed by atoms with Crippen molar-refractivity contribution in [3.63, 3.8) is 0 Å². The second-order valence-corrected chi connectivity index (χ2v) is 5.94. The van der Waals surface area contributed by atoms with Crippen LogP contribution in [0.3, 0.4) is 0 Å². The number of fused-ring (bicyclic) bond motifs is 1. The number of piperidine rings is 1. The lowest BCUT2D eigenvalue weighted by atomic mass is 9.90. The molecule has 3 heteroatoms. The maximum absolute atomic E-state index is 14.0. The van der Waals surface area contributed by atoms with E-state index in [1.54, 1.807) is 13.0 Å². The van der Waals surface area contributed by atoms with E-state index in [1.807, 2.05) is 6.07 Å². The van der Waals surface area contributed by atoms with Crippen LogP contribution in [0.15, 0.2) is 18.2 Å². The van der Waals surface area contributed by atoms with Gasteiger partial charge in [-0.15, -0.1) is 0 Å². The van der Waals surface area contributed by atoms with Crippen molar-refractivity contribution >= 4 is 5.69 Å². The first-order chi connectivity index (χ1) is 9.18. The van der Waals surface area contributed by atoms with Crippen LogP contribution in [0.5, 0.6) is 0 Å². The van der Waals surface area contributed by atoms with Crippen LogP contribution in [0.2, 0.25) is 0 Å². The molecule has 2 unspecified atom stereocenters. The summed E-state index contributed by atoms with van der Waals surface area (Å²) < 4.78 is 14.0. The van der Waals surface area contributed by atoms with Crippen LogP contribution < -0.4 is 4.90 Å². The quantitative estimate of drug-likeness (QED) is 0.880. The summed E-state index contributed by atoms with van der Waals surface area (Å²) in [6, 6.07) is 5.72. The number of hydrogen-bond donors (Lipinski definition) is 1. The maximum Gasteiger partial charge on any atom is 0.131 e. The zero-order chi connectivity index (χ0) is 13.4. The predicted molar refractivity (Wildman–Crippen MR) is 74.7 cm³/mol. The number of benzene rings is 1. The van der Waals surface area contributed by atoms with Crippen LogP contribution in [-0.2, 0) is 0 Å². The van der Waals surface area contributed by atoms with E-state index in [9.17, 15) is 9.50 Å². The highest BCUT2D eigenvalue weighted by molar-refractivity contribution is 5.56. The first-order valence-corrected chi connectivity index (χ1v) is 7.41. The molecule has 1 aromatic carbocycles. The summed E-state index contributed by atoms with van der Waals surface area (Å²) in [5.74, 6) is 0.478. The molecule has 3 rings (SSSR count).